The van der Waals surface area contributed by atoms with Crippen molar-refractivity contribution in [1.29, 1.82) is 0 Å². The zero-order valence-corrected chi connectivity index (χ0v) is 11.8. The second-order valence-corrected chi connectivity index (χ2v) is 6.09. The summed E-state index contributed by atoms with van der Waals surface area (Å²) < 4.78 is 6.89. The number of morpholine rings is 1. The van der Waals surface area contributed by atoms with Crippen molar-refractivity contribution in [3.05, 3.63) is 20.8 Å². The van der Waals surface area contributed by atoms with Crippen LogP contribution in [-0.2, 0) is 11.2 Å². The lowest BCUT2D eigenvalue weighted by Crippen LogP contribution is -2.50. The summed E-state index contributed by atoms with van der Waals surface area (Å²) in [4.78, 5) is 3.58. The summed E-state index contributed by atoms with van der Waals surface area (Å²) in [5, 5.41) is 2.08. The van der Waals surface area contributed by atoms with E-state index in [0.717, 1.165) is 30.6 Å². The molecule has 2 N–H and O–H groups in total. The molecule has 2 atom stereocenters. The van der Waals surface area contributed by atoms with Gasteiger partial charge in [-0.25, -0.2) is 0 Å². The maximum atomic E-state index is 6.20. The molecule has 2 unspecified atom stereocenters. The van der Waals surface area contributed by atoms with Crippen LogP contribution in [0.3, 0.4) is 0 Å². The second-order valence-electron chi connectivity index (χ2n) is 4.23. The van der Waals surface area contributed by atoms with Gasteiger partial charge in [-0.15, -0.1) is 11.3 Å². The molecule has 1 aliphatic rings. The number of hydrogen-bond donors (Lipinski definition) is 1. The monoisotopic (exact) mass is 304 g/mol. The fraction of sp³-hybridized carbons (Fsp3) is 0.636. The highest BCUT2D eigenvalue weighted by atomic mass is 79.9. The van der Waals surface area contributed by atoms with Crippen molar-refractivity contribution in [2.45, 2.75) is 18.6 Å². The smallest absolute Gasteiger partial charge is 0.0856 e. The summed E-state index contributed by atoms with van der Waals surface area (Å²) in [5.74, 6) is 0. The number of hydrogen-bond acceptors (Lipinski definition) is 4. The predicted octanol–water partition coefficient (Wildman–Crippen LogP) is 1.71. The van der Waals surface area contributed by atoms with Crippen LogP contribution in [0.15, 0.2) is 15.9 Å². The SMILES string of the molecule is CN1CCOC(C(N)Cc2sccc2Br)C1. The Bertz CT molecular complexity index is 344. The first-order chi connectivity index (χ1) is 7.66. The summed E-state index contributed by atoms with van der Waals surface area (Å²) in [6.45, 7) is 2.73. The summed E-state index contributed by atoms with van der Waals surface area (Å²) in [6.07, 6.45) is 1.05. The van der Waals surface area contributed by atoms with Crippen molar-refractivity contribution in [3.8, 4) is 0 Å². The molecule has 1 fully saturated rings. The normalized spacial score (nSPS) is 24.6. The van der Waals surface area contributed by atoms with Crippen molar-refractivity contribution in [1.82, 2.24) is 4.90 Å². The van der Waals surface area contributed by atoms with E-state index < -0.39 is 0 Å². The maximum absolute atomic E-state index is 6.20. The highest BCUT2D eigenvalue weighted by Gasteiger charge is 2.24. The largest absolute Gasteiger partial charge is 0.374 e. The molecule has 0 radical (unpaired) electrons. The van der Waals surface area contributed by atoms with Crippen LogP contribution in [0.4, 0.5) is 0 Å². The minimum atomic E-state index is 0.0812. The Labute approximate surface area is 109 Å². The van der Waals surface area contributed by atoms with Crippen molar-refractivity contribution in [2.24, 2.45) is 5.73 Å². The van der Waals surface area contributed by atoms with Gasteiger partial charge in [-0.2, -0.15) is 0 Å². The molecule has 0 saturated carbocycles. The number of nitrogens with two attached hydrogens (primary N) is 1. The fourth-order valence-electron chi connectivity index (χ4n) is 1.89. The van der Waals surface area contributed by atoms with E-state index in [2.05, 4.69) is 39.3 Å². The van der Waals surface area contributed by atoms with Crippen LogP contribution in [0.1, 0.15) is 4.88 Å². The first-order valence-electron chi connectivity index (χ1n) is 5.44. The quantitative estimate of drug-likeness (QED) is 0.924. The van der Waals surface area contributed by atoms with Gasteiger partial charge in [0.05, 0.1) is 12.7 Å². The molecule has 0 aliphatic carbocycles. The fourth-order valence-corrected chi connectivity index (χ4v) is 3.47. The Balaban J connectivity index is 1.92. The van der Waals surface area contributed by atoms with E-state index in [9.17, 15) is 0 Å². The first-order valence-corrected chi connectivity index (χ1v) is 7.11. The molecule has 0 aromatic carbocycles. The summed E-state index contributed by atoms with van der Waals surface area (Å²) in [7, 11) is 2.11. The Morgan fingerprint density at radius 2 is 2.56 bits per heavy atom. The van der Waals surface area contributed by atoms with Gasteiger partial charge in [-0.05, 0) is 34.4 Å². The molecule has 2 rings (SSSR count). The van der Waals surface area contributed by atoms with E-state index in [-0.39, 0.29) is 12.1 Å². The lowest BCUT2D eigenvalue weighted by atomic mass is 10.1. The predicted molar refractivity (Wildman–Crippen MR) is 70.9 cm³/mol. The standard InChI is InChI=1S/C11H17BrN2OS/c1-14-3-4-15-10(7-14)9(13)6-11-8(12)2-5-16-11/h2,5,9-10H,3-4,6-7,13H2,1H3. The second kappa shape index (κ2) is 5.60. The Kier molecular flexibility index (Phi) is 4.38. The minimum absolute atomic E-state index is 0.0812. The molecule has 5 heteroatoms. The molecule has 2 heterocycles. The number of rotatable bonds is 3. The summed E-state index contributed by atoms with van der Waals surface area (Å²) in [5.41, 5.74) is 6.20. The highest BCUT2D eigenvalue weighted by molar-refractivity contribution is 9.10. The van der Waals surface area contributed by atoms with Gasteiger partial charge in [0.1, 0.15) is 0 Å². The van der Waals surface area contributed by atoms with Crippen LogP contribution in [0.5, 0.6) is 0 Å². The summed E-state index contributed by atoms with van der Waals surface area (Å²) in [6, 6.07) is 2.15. The van der Waals surface area contributed by atoms with Gasteiger partial charge >= 0.3 is 0 Å². The molecular weight excluding hydrogens is 288 g/mol. The van der Waals surface area contributed by atoms with Gasteiger partial charge in [0.25, 0.3) is 0 Å². The molecule has 3 nitrogen and oxygen atoms in total. The van der Waals surface area contributed by atoms with E-state index in [1.165, 1.54) is 4.88 Å². The molecule has 1 aliphatic heterocycles. The lowest BCUT2D eigenvalue weighted by molar-refractivity contribution is -0.0318. The molecule has 1 saturated heterocycles. The number of ether oxygens (including phenoxy) is 1. The number of nitrogens with zero attached hydrogens (tertiary/aromatic N) is 1. The van der Waals surface area contributed by atoms with Crippen LogP contribution in [0.25, 0.3) is 0 Å². The van der Waals surface area contributed by atoms with E-state index in [1.54, 1.807) is 11.3 Å². The number of halogens is 1. The molecule has 90 valence electrons. The molecular formula is C11H17BrN2OS. The average Bonchev–Trinajstić information content (AvgIpc) is 2.64. The van der Waals surface area contributed by atoms with Crippen molar-refractivity contribution in [2.75, 3.05) is 26.7 Å². The van der Waals surface area contributed by atoms with Crippen LogP contribution >= 0.6 is 27.3 Å². The van der Waals surface area contributed by atoms with Crippen molar-refractivity contribution < 1.29 is 4.74 Å². The topological polar surface area (TPSA) is 38.5 Å². The van der Waals surface area contributed by atoms with Crippen LogP contribution in [0, 0.1) is 0 Å². The molecule has 16 heavy (non-hydrogen) atoms. The molecule has 1 aromatic heterocycles. The van der Waals surface area contributed by atoms with Gasteiger partial charge in [0.15, 0.2) is 0 Å². The molecule has 1 aromatic rings. The van der Waals surface area contributed by atoms with Gasteiger partial charge in [0.2, 0.25) is 0 Å². The van der Waals surface area contributed by atoms with Gasteiger partial charge in [-0.1, -0.05) is 0 Å². The third-order valence-electron chi connectivity index (χ3n) is 2.89. The number of likely N-dealkylation sites (N-methyl/N-ethyl adjacent to an activating group) is 1. The van der Waals surface area contributed by atoms with E-state index in [0.29, 0.717) is 0 Å². The Morgan fingerprint density at radius 3 is 3.19 bits per heavy atom. The average molecular weight is 305 g/mol. The molecule has 0 bridgehead atoms. The van der Waals surface area contributed by atoms with Gasteiger partial charge < -0.3 is 15.4 Å². The van der Waals surface area contributed by atoms with Crippen molar-refractivity contribution in [3.63, 3.8) is 0 Å². The number of thiophene rings is 1. The molecule has 0 amide bonds. The lowest BCUT2D eigenvalue weighted by Gasteiger charge is -2.33. The molecule has 0 spiro atoms. The Hall–Kier alpha value is 0.0600. The minimum Gasteiger partial charge on any atom is -0.374 e. The van der Waals surface area contributed by atoms with Crippen LogP contribution < -0.4 is 5.73 Å². The third-order valence-corrected chi connectivity index (χ3v) is 4.83. The third kappa shape index (κ3) is 3.05. The Morgan fingerprint density at radius 1 is 1.75 bits per heavy atom. The summed E-state index contributed by atoms with van der Waals surface area (Å²) >= 11 is 5.28. The van der Waals surface area contributed by atoms with Crippen LogP contribution in [-0.4, -0.2) is 43.8 Å². The van der Waals surface area contributed by atoms with E-state index in [4.69, 9.17) is 10.5 Å². The highest BCUT2D eigenvalue weighted by Crippen LogP contribution is 2.24. The van der Waals surface area contributed by atoms with E-state index in [1.807, 2.05) is 0 Å². The van der Waals surface area contributed by atoms with Gasteiger partial charge in [-0.3, -0.25) is 0 Å². The first kappa shape index (κ1) is 12.5. The van der Waals surface area contributed by atoms with Crippen molar-refractivity contribution >= 4 is 27.3 Å². The maximum Gasteiger partial charge on any atom is 0.0856 e. The zero-order valence-electron chi connectivity index (χ0n) is 9.36. The van der Waals surface area contributed by atoms with Gasteiger partial charge in [0, 0.05) is 34.9 Å². The van der Waals surface area contributed by atoms with E-state index >= 15 is 0 Å². The van der Waals surface area contributed by atoms with Crippen LogP contribution in [0.2, 0.25) is 0 Å². The zero-order chi connectivity index (χ0) is 11.5.